The van der Waals surface area contributed by atoms with Crippen LogP contribution in [-0.4, -0.2) is 18.4 Å². The Kier molecular flexibility index (Phi) is 4.53. The Labute approximate surface area is 118 Å². The van der Waals surface area contributed by atoms with Crippen LogP contribution in [0.2, 0.25) is 0 Å². The number of nitrogens with one attached hydrogen (secondary N) is 2. The Morgan fingerprint density at radius 3 is 2.90 bits per heavy atom. The van der Waals surface area contributed by atoms with Gasteiger partial charge in [0.05, 0.1) is 17.8 Å². The maximum atomic E-state index is 12.2. The third-order valence-corrected chi connectivity index (χ3v) is 4.44. The molecule has 0 amide bonds. The molecular weight excluding hydrogens is 276 g/mol. The van der Waals surface area contributed by atoms with Crippen LogP contribution in [0.15, 0.2) is 41.7 Å². The maximum Gasteiger partial charge on any atom is 0.240 e. The number of H-pyrrole nitrogens is 1. The van der Waals surface area contributed by atoms with Crippen molar-refractivity contribution in [3.8, 4) is 0 Å². The van der Waals surface area contributed by atoms with E-state index in [0.717, 1.165) is 12.0 Å². The second kappa shape index (κ2) is 6.17. The van der Waals surface area contributed by atoms with Crippen LogP contribution in [0.5, 0.6) is 0 Å². The summed E-state index contributed by atoms with van der Waals surface area (Å²) in [7, 11) is -3.55. The highest BCUT2D eigenvalue weighted by Gasteiger charge is 2.15. The zero-order chi connectivity index (χ0) is 14.6. The van der Waals surface area contributed by atoms with Crippen molar-refractivity contribution in [3.05, 3.63) is 48.0 Å². The summed E-state index contributed by atoms with van der Waals surface area (Å²) >= 11 is 0. The number of imidazole rings is 1. The molecule has 0 fully saturated rings. The molecule has 2 aromatic rings. The zero-order valence-corrected chi connectivity index (χ0v) is 12.0. The van der Waals surface area contributed by atoms with Gasteiger partial charge in [0, 0.05) is 17.9 Å². The lowest BCUT2D eigenvalue weighted by Crippen LogP contribution is -2.23. The van der Waals surface area contributed by atoms with E-state index in [9.17, 15) is 8.42 Å². The van der Waals surface area contributed by atoms with Gasteiger partial charge in [0.1, 0.15) is 0 Å². The van der Waals surface area contributed by atoms with Gasteiger partial charge in [-0.15, -0.1) is 0 Å². The van der Waals surface area contributed by atoms with E-state index in [0.29, 0.717) is 5.69 Å². The lowest BCUT2D eigenvalue weighted by Gasteiger charge is -2.11. The first-order valence-electron chi connectivity index (χ1n) is 6.35. The quantitative estimate of drug-likeness (QED) is 0.747. The largest absolute Gasteiger partial charge is 0.347 e. The average molecular weight is 294 g/mol. The molecular formula is C13H18N4O2S. The lowest BCUT2D eigenvalue weighted by atomic mass is 10.1. The molecule has 0 aliphatic heterocycles. The number of sulfonamides is 1. The molecule has 1 unspecified atom stereocenters. The van der Waals surface area contributed by atoms with Gasteiger partial charge >= 0.3 is 0 Å². The molecule has 1 aromatic heterocycles. The van der Waals surface area contributed by atoms with Crippen molar-refractivity contribution in [1.82, 2.24) is 14.7 Å². The third kappa shape index (κ3) is 3.44. The van der Waals surface area contributed by atoms with Crippen molar-refractivity contribution in [2.75, 3.05) is 0 Å². The molecule has 7 heteroatoms. The summed E-state index contributed by atoms with van der Waals surface area (Å²) in [6.07, 6.45) is 3.83. The molecule has 0 aliphatic rings. The molecule has 4 N–H and O–H groups in total. The number of rotatable bonds is 6. The highest BCUT2D eigenvalue weighted by atomic mass is 32.2. The van der Waals surface area contributed by atoms with Gasteiger partial charge in [0.15, 0.2) is 0 Å². The standard InChI is InChI=1S/C13H18N4O2S/c1-2-13(14)10-4-3-5-12(6-10)20(18,19)17-8-11-7-15-9-16-11/h3-7,9,13,17H,2,8,14H2,1H3,(H,15,16). The molecule has 0 aliphatic carbocycles. The molecule has 0 spiro atoms. The number of aromatic nitrogens is 2. The van der Waals surface area contributed by atoms with Crippen LogP contribution in [0.3, 0.4) is 0 Å². The molecule has 6 nitrogen and oxygen atoms in total. The minimum absolute atomic E-state index is 0.155. The van der Waals surface area contributed by atoms with Gasteiger partial charge < -0.3 is 10.7 Å². The minimum atomic E-state index is -3.55. The fourth-order valence-corrected chi connectivity index (χ4v) is 2.85. The molecule has 0 saturated carbocycles. The van der Waals surface area contributed by atoms with Crippen LogP contribution in [-0.2, 0) is 16.6 Å². The molecule has 0 saturated heterocycles. The molecule has 1 atom stereocenters. The zero-order valence-electron chi connectivity index (χ0n) is 11.2. The van der Waals surface area contributed by atoms with Gasteiger partial charge in [-0.05, 0) is 24.1 Å². The number of nitrogens with zero attached hydrogens (tertiary/aromatic N) is 1. The number of benzene rings is 1. The van der Waals surface area contributed by atoms with Crippen molar-refractivity contribution in [3.63, 3.8) is 0 Å². The Morgan fingerprint density at radius 2 is 2.25 bits per heavy atom. The molecule has 0 radical (unpaired) electrons. The second-order valence-corrected chi connectivity index (χ2v) is 6.26. The van der Waals surface area contributed by atoms with Crippen LogP contribution >= 0.6 is 0 Å². The van der Waals surface area contributed by atoms with Gasteiger partial charge in [-0.2, -0.15) is 0 Å². The summed E-state index contributed by atoms with van der Waals surface area (Å²) in [5.41, 5.74) is 7.45. The van der Waals surface area contributed by atoms with Gasteiger partial charge in [-0.25, -0.2) is 18.1 Å². The molecule has 1 heterocycles. The van der Waals surface area contributed by atoms with Crippen molar-refractivity contribution >= 4 is 10.0 Å². The second-order valence-electron chi connectivity index (χ2n) is 4.49. The van der Waals surface area contributed by atoms with E-state index in [-0.39, 0.29) is 17.5 Å². The molecule has 2 rings (SSSR count). The minimum Gasteiger partial charge on any atom is -0.347 e. The highest BCUT2D eigenvalue weighted by Crippen LogP contribution is 2.18. The van der Waals surface area contributed by atoms with E-state index in [1.807, 2.05) is 13.0 Å². The predicted octanol–water partition coefficient (Wildman–Crippen LogP) is 1.30. The van der Waals surface area contributed by atoms with E-state index in [2.05, 4.69) is 14.7 Å². The number of hydrogen-bond donors (Lipinski definition) is 3. The topological polar surface area (TPSA) is 101 Å². The summed E-state index contributed by atoms with van der Waals surface area (Å²) in [6.45, 7) is 2.13. The van der Waals surface area contributed by atoms with E-state index in [1.165, 1.54) is 6.33 Å². The number of hydrogen-bond acceptors (Lipinski definition) is 4. The summed E-state index contributed by atoms with van der Waals surface area (Å²) < 4.78 is 26.9. The fraction of sp³-hybridized carbons (Fsp3) is 0.308. The van der Waals surface area contributed by atoms with Crippen molar-refractivity contribution < 1.29 is 8.42 Å². The van der Waals surface area contributed by atoms with Crippen LogP contribution in [0.25, 0.3) is 0 Å². The summed E-state index contributed by atoms with van der Waals surface area (Å²) in [4.78, 5) is 6.90. The monoisotopic (exact) mass is 294 g/mol. The fourth-order valence-electron chi connectivity index (χ4n) is 1.79. The first-order valence-corrected chi connectivity index (χ1v) is 7.83. The Balaban J connectivity index is 2.16. The summed E-state index contributed by atoms with van der Waals surface area (Å²) in [6, 6.07) is 6.56. The third-order valence-electron chi connectivity index (χ3n) is 3.04. The Bertz CT molecular complexity index is 653. The molecule has 0 bridgehead atoms. The van der Waals surface area contributed by atoms with Crippen molar-refractivity contribution in [1.29, 1.82) is 0 Å². The van der Waals surface area contributed by atoms with Gasteiger partial charge in [-0.1, -0.05) is 19.1 Å². The first kappa shape index (κ1) is 14.7. The van der Waals surface area contributed by atoms with Crippen molar-refractivity contribution in [2.45, 2.75) is 30.8 Å². The van der Waals surface area contributed by atoms with Gasteiger partial charge in [0.2, 0.25) is 10.0 Å². The lowest BCUT2D eigenvalue weighted by molar-refractivity contribution is 0.580. The molecule has 20 heavy (non-hydrogen) atoms. The van der Waals surface area contributed by atoms with Crippen LogP contribution in [0.4, 0.5) is 0 Å². The summed E-state index contributed by atoms with van der Waals surface area (Å²) in [5.74, 6) is 0. The number of aromatic amines is 1. The van der Waals surface area contributed by atoms with Crippen molar-refractivity contribution in [2.24, 2.45) is 5.73 Å². The summed E-state index contributed by atoms with van der Waals surface area (Å²) in [5, 5.41) is 0. The highest BCUT2D eigenvalue weighted by molar-refractivity contribution is 7.89. The van der Waals surface area contributed by atoms with E-state index < -0.39 is 10.0 Å². The number of nitrogens with two attached hydrogens (primary N) is 1. The average Bonchev–Trinajstić information content (AvgIpc) is 2.98. The van der Waals surface area contributed by atoms with Crippen LogP contribution < -0.4 is 10.5 Å². The maximum absolute atomic E-state index is 12.2. The van der Waals surface area contributed by atoms with Crippen LogP contribution in [0, 0.1) is 0 Å². The van der Waals surface area contributed by atoms with E-state index in [4.69, 9.17) is 5.73 Å². The van der Waals surface area contributed by atoms with Gasteiger partial charge in [-0.3, -0.25) is 0 Å². The first-order chi connectivity index (χ1) is 9.53. The molecule has 1 aromatic carbocycles. The SMILES string of the molecule is CCC(N)c1cccc(S(=O)(=O)NCc2cnc[nH]2)c1. The smallest absolute Gasteiger partial charge is 0.240 e. The van der Waals surface area contributed by atoms with Crippen LogP contribution in [0.1, 0.15) is 30.6 Å². The van der Waals surface area contributed by atoms with E-state index in [1.54, 1.807) is 24.4 Å². The molecule has 108 valence electrons. The van der Waals surface area contributed by atoms with Gasteiger partial charge in [0.25, 0.3) is 0 Å². The van der Waals surface area contributed by atoms with E-state index >= 15 is 0 Å². The Hall–Kier alpha value is -1.70. The Morgan fingerprint density at radius 1 is 1.45 bits per heavy atom. The normalized spacial score (nSPS) is 13.3. The predicted molar refractivity (Wildman–Crippen MR) is 76.3 cm³/mol.